The van der Waals surface area contributed by atoms with Crippen molar-refractivity contribution in [1.82, 2.24) is 0 Å². The van der Waals surface area contributed by atoms with Crippen LogP contribution in [0.1, 0.15) is 48.0 Å². The zero-order valence-electron chi connectivity index (χ0n) is 11.8. The Morgan fingerprint density at radius 2 is 1.00 bits per heavy atom. The van der Waals surface area contributed by atoms with Crippen LogP contribution < -0.4 is 0 Å². The Morgan fingerprint density at radius 3 is 1.19 bits per heavy atom. The minimum atomic E-state index is -0.935. The van der Waals surface area contributed by atoms with Gasteiger partial charge in [0.25, 0.3) is 0 Å². The number of rotatable bonds is 2. The second kappa shape index (κ2) is 5.01. The highest BCUT2D eigenvalue weighted by Crippen LogP contribution is 2.34. The van der Waals surface area contributed by atoms with E-state index in [1.54, 1.807) is 13.8 Å². The van der Waals surface area contributed by atoms with Crippen molar-refractivity contribution >= 4 is 23.6 Å². The molecule has 0 aromatic heterocycles. The zero-order chi connectivity index (χ0) is 14.4. The largest absolute Gasteiger partial charge is 0.478 e. The fourth-order valence-corrected chi connectivity index (χ4v) is 1.92. The number of nitrogens with zero attached hydrogens (tertiary/aromatic N) is 4. The molecule has 0 aliphatic carbocycles. The van der Waals surface area contributed by atoms with E-state index in [0.29, 0.717) is 11.8 Å². The minimum absolute atomic E-state index is 0. The molecule has 4 aliphatic heterocycles. The molecule has 0 saturated heterocycles. The van der Waals surface area contributed by atoms with Crippen LogP contribution >= 0.6 is 0 Å². The van der Waals surface area contributed by atoms with Gasteiger partial charge in [0.05, 0.1) is 0 Å². The van der Waals surface area contributed by atoms with Crippen LogP contribution in [0.25, 0.3) is 0 Å². The molecule has 0 N–H and O–H groups in total. The molecule has 0 radical (unpaired) electrons. The fraction of sp³-hybridized carbons (Fsp3) is 0.692. The lowest BCUT2D eigenvalue weighted by molar-refractivity contribution is -0.187. The van der Waals surface area contributed by atoms with Gasteiger partial charge in [-0.1, -0.05) is 21.3 Å². The molecule has 2 unspecified atom stereocenters. The summed E-state index contributed by atoms with van der Waals surface area (Å²) in [6, 6.07) is -1.87. The molecule has 8 nitrogen and oxygen atoms in total. The second-order valence-corrected chi connectivity index (χ2v) is 4.49. The molecule has 2 spiro atoms. The third-order valence-corrected chi connectivity index (χ3v) is 2.80. The van der Waals surface area contributed by atoms with Gasteiger partial charge >= 0.3 is 12.1 Å². The van der Waals surface area contributed by atoms with Gasteiger partial charge in [-0.3, -0.25) is 0 Å². The van der Waals surface area contributed by atoms with Crippen LogP contribution in [-0.2, 0) is 18.9 Å². The number of ether oxygens (including phenoxy) is 4. The number of aliphatic imine (C=N–C) groups is 4. The lowest BCUT2D eigenvalue weighted by Crippen LogP contribution is -2.51. The van der Waals surface area contributed by atoms with Gasteiger partial charge in [0.1, 0.15) is 0 Å². The molecule has 4 heterocycles. The first-order valence-electron chi connectivity index (χ1n) is 6.54. The van der Waals surface area contributed by atoms with E-state index in [1.807, 2.05) is 13.8 Å². The Bertz CT molecular complexity index is 519. The van der Waals surface area contributed by atoms with Crippen molar-refractivity contribution in [3.8, 4) is 0 Å². The Labute approximate surface area is 123 Å². The molecule has 8 heteroatoms. The lowest BCUT2D eigenvalue weighted by Gasteiger charge is -2.38. The van der Waals surface area contributed by atoms with Crippen molar-refractivity contribution in [3.05, 3.63) is 0 Å². The standard InChI is InChI=1S/2C6H8N2O2.CH4/c2*1-3-5-8-6(10-5)7-4(2)9-6;/h2*3H2,1-2H3;1H4. The lowest BCUT2D eigenvalue weighted by atomic mass is 10.4. The van der Waals surface area contributed by atoms with Gasteiger partial charge in [-0.15, -0.1) is 20.0 Å². The monoisotopic (exact) mass is 296 g/mol. The molecule has 21 heavy (non-hydrogen) atoms. The molecule has 0 aromatic rings. The van der Waals surface area contributed by atoms with Crippen molar-refractivity contribution in [1.29, 1.82) is 0 Å². The predicted molar refractivity (Wildman–Crippen MR) is 78.2 cm³/mol. The van der Waals surface area contributed by atoms with Crippen LogP contribution in [0.3, 0.4) is 0 Å². The normalized spacial score (nSPS) is 33.0. The van der Waals surface area contributed by atoms with Gasteiger partial charge in [0.2, 0.25) is 11.8 Å². The van der Waals surface area contributed by atoms with Gasteiger partial charge in [0, 0.05) is 26.7 Å². The Hall–Kier alpha value is -2.12. The van der Waals surface area contributed by atoms with Crippen LogP contribution in [0, 0.1) is 0 Å². The Morgan fingerprint density at radius 1 is 0.714 bits per heavy atom. The molecular formula is C13H20N4O4. The summed E-state index contributed by atoms with van der Waals surface area (Å²) in [5.41, 5.74) is 0. The van der Waals surface area contributed by atoms with Crippen LogP contribution in [0.5, 0.6) is 0 Å². The van der Waals surface area contributed by atoms with Crippen LogP contribution in [0.2, 0.25) is 0 Å². The van der Waals surface area contributed by atoms with Crippen LogP contribution in [0.4, 0.5) is 0 Å². The maximum Gasteiger partial charge on any atom is 0.478 e. The highest BCUT2D eigenvalue weighted by molar-refractivity contribution is 5.86. The van der Waals surface area contributed by atoms with E-state index in [9.17, 15) is 0 Å². The molecular weight excluding hydrogens is 276 g/mol. The first-order chi connectivity index (χ1) is 9.48. The molecule has 0 amide bonds. The summed E-state index contributed by atoms with van der Waals surface area (Å²) in [6.07, 6.45) is 1.61. The van der Waals surface area contributed by atoms with E-state index < -0.39 is 12.1 Å². The van der Waals surface area contributed by atoms with Crippen molar-refractivity contribution < 1.29 is 18.9 Å². The first kappa shape index (κ1) is 15.3. The maximum atomic E-state index is 5.12. The van der Waals surface area contributed by atoms with Gasteiger partial charge in [-0.25, -0.2) is 0 Å². The van der Waals surface area contributed by atoms with E-state index in [-0.39, 0.29) is 7.43 Å². The topological polar surface area (TPSA) is 86.4 Å². The summed E-state index contributed by atoms with van der Waals surface area (Å²) < 4.78 is 20.3. The van der Waals surface area contributed by atoms with Gasteiger partial charge < -0.3 is 18.9 Å². The Balaban J connectivity index is 0.000000147. The molecule has 0 bridgehead atoms. The fourth-order valence-electron chi connectivity index (χ4n) is 1.92. The summed E-state index contributed by atoms with van der Waals surface area (Å²) >= 11 is 0. The summed E-state index contributed by atoms with van der Waals surface area (Å²) in [5.74, 6) is 2.71. The van der Waals surface area contributed by atoms with Crippen LogP contribution in [0.15, 0.2) is 20.0 Å². The van der Waals surface area contributed by atoms with E-state index in [1.165, 1.54) is 0 Å². The average Bonchev–Trinajstić information content (AvgIpc) is 2.25. The van der Waals surface area contributed by atoms with Crippen LogP contribution in [-0.4, -0.2) is 35.7 Å². The number of hydrogen-bond donors (Lipinski definition) is 0. The minimum Gasteiger partial charge on any atom is -0.402 e. The maximum absolute atomic E-state index is 5.12. The summed E-state index contributed by atoms with van der Waals surface area (Å²) in [4.78, 5) is 15.9. The Kier molecular flexibility index (Phi) is 3.65. The van der Waals surface area contributed by atoms with E-state index in [4.69, 9.17) is 18.9 Å². The molecule has 116 valence electrons. The highest BCUT2D eigenvalue weighted by atomic mass is 16.8. The first-order valence-corrected chi connectivity index (χ1v) is 6.54. The second-order valence-electron chi connectivity index (χ2n) is 4.49. The van der Waals surface area contributed by atoms with Crippen molar-refractivity contribution in [3.63, 3.8) is 0 Å². The van der Waals surface area contributed by atoms with Gasteiger partial charge in [0.15, 0.2) is 11.8 Å². The zero-order valence-corrected chi connectivity index (χ0v) is 11.8. The summed E-state index contributed by atoms with van der Waals surface area (Å²) in [7, 11) is 0. The third-order valence-electron chi connectivity index (χ3n) is 2.80. The molecule has 0 fully saturated rings. The average molecular weight is 296 g/mol. The van der Waals surface area contributed by atoms with Crippen molar-refractivity contribution in [2.75, 3.05) is 0 Å². The predicted octanol–water partition coefficient (Wildman–Crippen LogP) is 2.41. The summed E-state index contributed by atoms with van der Waals surface area (Å²) in [6.45, 7) is 7.49. The van der Waals surface area contributed by atoms with E-state index in [2.05, 4.69) is 20.0 Å². The van der Waals surface area contributed by atoms with Crippen molar-refractivity contribution in [2.45, 2.75) is 60.0 Å². The van der Waals surface area contributed by atoms with Gasteiger partial charge in [-0.2, -0.15) is 0 Å². The number of hydrogen-bond acceptors (Lipinski definition) is 8. The smallest absolute Gasteiger partial charge is 0.402 e. The van der Waals surface area contributed by atoms with Gasteiger partial charge in [-0.05, 0) is 0 Å². The van der Waals surface area contributed by atoms with E-state index in [0.717, 1.165) is 24.6 Å². The highest BCUT2D eigenvalue weighted by Gasteiger charge is 2.51. The molecule has 4 aliphatic rings. The molecule has 0 saturated carbocycles. The van der Waals surface area contributed by atoms with Crippen molar-refractivity contribution in [2.24, 2.45) is 20.0 Å². The quantitative estimate of drug-likeness (QED) is 0.783. The molecule has 0 aromatic carbocycles. The molecule has 2 atom stereocenters. The van der Waals surface area contributed by atoms with E-state index >= 15 is 0 Å². The third kappa shape index (κ3) is 2.57. The molecule has 4 rings (SSSR count). The SMILES string of the molecule is C.CCC1=NC2(N=C(C)O2)O1.CCC1=NC2(N=C(C)O2)O1. The summed E-state index contributed by atoms with van der Waals surface area (Å²) in [5, 5.41) is 0.